The number of nitrogens with zero attached hydrogens (tertiary/aromatic N) is 4. The maximum atomic E-state index is 16.2. The van der Waals surface area contributed by atoms with Gasteiger partial charge in [0.05, 0.1) is 37.2 Å². The van der Waals surface area contributed by atoms with Crippen molar-refractivity contribution in [2.45, 2.75) is 25.4 Å². The van der Waals surface area contributed by atoms with Crippen LogP contribution >= 0.6 is 0 Å². The maximum Gasteiger partial charge on any atom is 0.256 e. The standard InChI is InChI=1S/C35H33FN6O6/c1-46-28-10-5-7-22(32(28)47-2)35(45)39-21-11-15-41(18-21)30-25(36)17-23-29-33(30)48-27-9-4-3-8-26(27)42(29)19-24(31(23)43)34(44)38-12-6-14-40-16-13-37-20-40/h3-5,7-10,13,16-17,19-21H,6,11-12,14-15,18H2,1-2H3,(H,38,44)(H,39,45). The van der Waals surface area contributed by atoms with E-state index in [4.69, 9.17) is 14.2 Å². The van der Waals surface area contributed by atoms with E-state index >= 15 is 4.39 Å². The molecule has 7 rings (SSSR count). The van der Waals surface area contributed by atoms with E-state index in [1.807, 2.05) is 27.8 Å². The molecular formula is C35H33FN6O6. The molecule has 12 nitrogen and oxygen atoms in total. The van der Waals surface area contributed by atoms with Crippen LogP contribution in [0.15, 0.2) is 78.2 Å². The largest absolute Gasteiger partial charge is 0.493 e. The molecule has 4 heterocycles. The molecule has 0 saturated carbocycles. The first-order valence-corrected chi connectivity index (χ1v) is 15.6. The number of anilines is 1. The summed E-state index contributed by atoms with van der Waals surface area (Å²) in [5.74, 6) is -0.172. The number of imidazole rings is 1. The lowest BCUT2D eigenvalue weighted by molar-refractivity contribution is 0.0933. The number of para-hydroxylation sites is 3. The molecule has 0 radical (unpaired) electrons. The van der Waals surface area contributed by atoms with Gasteiger partial charge >= 0.3 is 0 Å². The molecule has 1 saturated heterocycles. The van der Waals surface area contributed by atoms with Gasteiger partial charge in [0.25, 0.3) is 11.8 Å². The van der Waals surface area contributed by atoms with Crippen molar-refractivity contribution >= 4 is 28.4 Å². The van der Waals surface area contributed by atoms with Crippen LogP contribution in [0.4, 0.5) is 10.1 Å². The molecule has 1 atom stereocenters. The average Bonchev–Trinajstić information content (AvgIpc) is 3.79. The van der Waals surface area contributed by atoms with Gasteiger partial charge in [-0.3, -0.25) is 14.4 Å². The molecule has 2 aliphatic rings. The van der Waals surface area contributed by atoms with Crippen molar-refractivity contribution < 1.29 is 28.2 Å². The molecule has 13 heteroatoms. The Bertz CT molecular complexity index is 2100. The summed E-state index contributed by atoms with van der Waals surface area (Å²) in [4.78, 5) is 46.1. The molecule has 3 aromatic carbocycles. The second kappa shape index (κ2) is 12.7. The number of ether oxygens (including phenoxy) is 3. The second-order valence-corrected chi connectivity index (χ2v) is 11.6. The Hall–Kier alpha value is -5.85. The van der Waals surface area contributed by atoms with Crippen LogP contribution in [0, 0.1) is 5.82 Å². The Morgan fingerprint density at radius 2 is 1.94 bits per heavy atom. The van der Waals surface area contributed by atoms with E-state index in [0.717, 1.165) is 0 Å². The average molecular weight is 653 g/mol. The molecule has 1 unspecified atom stereocenters. The van der Waals surface area contributed by atoms with E-state index in [2.05, 4.69) is 15.6 Å². The van der Waals surface area contributed by atoms with Crippen molar-refractivity contribution in [1.82, 2.24) is 24.8 Å². The zero-order valence-electron chi connectivity index (χ0n) is 26.4. The van der Waals surface area contributed by atoms with Crippen molar-refractivity contribution in [3.63, 3.8) is 0 Å². The topological polar surface area (TPSA) is 129 Å². The number of fused-ring (bicyclic) bond motifs is 2. The summed E-state index contributed by atoms with van der Waals surface area (Å²) in [6.45, 7) is 1.71. The number of pyridine rings is 1. The quantitative estimate of drug-likeness (QED) is 0.210. The smallest absolute Gasteiger partial charge is 0.256 e. The molecule has 0 bridgehead atoms. The van der Waals surface area contributed by atoms with Gasteiger partial charge in [-0.05, 0) is 43.2 Å². The SMILES string of the molecule is COc1cccc(C(=O)NC2CCN(c3c(F)cc4c(=O)c(C(=O)NCCCn5ccnc5)cn5c4c3Oc3ccccc3-5)C2)c1OC. The van der Waals surface area contributed by atoms with Crippen molar-refractivity contribution in [1.29, 1.82) is 0 Å². The van der Waals surface area contributed by atoms with Crippen molar-refractivity contribution in [3.8, 4) is 28.7 Å². The number of carbonyl (C=O) groups is 2. The monoisotopic (exact) mass is 652 g/mol. The van der Waals surface area contributed by atoms with Crippen LogP contribution in [0.1, 0.15) is 33.6 Å². The summed E-state index contributed by atoms with van der Waals surface area (Å²) < 4.78 is 36.9. The Morgan fingerprint density at radius 1 is 1.08 bits per heavy atom. The van der Waals surface area contributed by atoms with E-state index in [1.54, 1.807) is 47.4 Å². The number of hydrogen-bond acceptors (Lipinski definition) is 8. The highest BCUT2D eigenvalue weighted by molar-refractivity contribution is 6.01. The van der Waals surface area contributed by atoms with E-state index in [9.17, 15) is 14.4 Å². The lowest BCUT2D eigenvalue weighted by Crippen LogP contribution is -2.37. The molecule has 1 fully saturated rings. The van der Waals surface area contributed by atoms with Crippen molar-refractivity contribution in [2.75, 3.05) is 38.8 Å². The molecule has 2 N–H and O–H groups in total. The predicted octanol–water partition coefficient (Wildman–Crippen LogP) is 4.28. The summed E-state index contributed by atoms with van der Waals surface area (Å²) in [7, 11) is 2.97. The first-order chi connectivity index (χ1) is 23.4. The number of hydrogen-bond donors (Lipinski definition) is 2. The molecule has 5 aromatic rings. The minimum atomic E-state index is -0.667. The summed E-state index contributed by atoms with van der Waals surface area (Å²) >= 11 is 0. The summed E-state index contributed by atoms with van der Waals surface area (Å²) in [6.07, 6.45) is 7.88. The van der Waals surface area contributed by atoms with Crippen molar-refractivity contribution in [2.24, 2.45) is 0 Å². The zero-order valence-corrected chi connectivity index (χ0v) is 26.4. The number of carbonyl (C=O) groups excluding carboxylic acids is 2. The second-order valence-electron chi connectivity index (χ2n) is 11.6. The maximum absolute atomic E-state index is 16.2. The minimum absolute atomic E-state index is 0.0287. The molecule has 0 aliphatic carbocycles. The fourth-order valence-electron chi connectivity index (χ4n) is 6.40. The highest BCUT2D eigenvalue weighted by atomic mass is 19.1. The molecule has 2 amide bonds. The van der Waals surface area contributed by atoms with Gasteiger partial charge in [0.2, 0.25) is 5.43 Å². The zero-order chi connectivity index (χ0) is 33.4. The fourth-order valence-corrected chi connectivity index (χ4v) is 6.40. The van der Waals surface area contributed by atoms with E-state index in [0.29, 0.717) is 73.0 Å². The lowest BCUT2D eigenvalue weighted by atomic mass is 10.1. The Balaban J connectivity index is 1.19. The Labute approximate surface area is 274 Å². The van der Waals surface area contributed by atoms with E-state index in [1.165, 1.54) is 26.5 Å². The number of halogens is 1. The van der Waals surface area contributed by atoms with Gasteiger partial charge in [-0.2, -0.15) is 0 Å². The molecule has 246 valence electrons. The van der Waals surface area contributed by atoms with Crippen LogP contribution in [0.5, 0.6) is 23.0 Å². The normalized spacial score (nSPS) is 14.7. The Morgan fingerprint density at radius 3 is 2.73 bits per heavy atom. The number of benzene rings is 3. The van der Waals surface area contributed by atoms with Crippen molar-refractivity contribution in [3.05, 3.63) is 101 Å². The van der Waals surface area contributed by atoms with Gasteiger partial charge in [-0.15, -0.1) is 0 Å². The van der Waals surface area contributed by atoms with Crippen LogP contribution in [-0.2, 0) is 6.54 Å². The van der Waals surface area contributed by atoms with E-state index in [-0.39, 0.29) is 34.3 Å². The molecule has 0 spiro atoms. The van der Waals surface area contributed by atoms with Crippen LogP contribution in [0.25, 0.3) is 16.6 Å². The number of methoxy groups -OCH3 is 2. The van der Waals surface area contributed by atoms with Gasteiger partial charge in [0.1, 0.15) is 16.8 Å². The Kier molecular flexibility index (Phi) is 8.17. The lowest BCUT2D eigenvalue weighted by Gasteiger charge is -2.29. The van der Waals surface area contributed by atoms with Gasteiger partial charge in [0, 0.05) is 50.8 Å². The fraction of sp³-hybridized carbons (Fsp3) is 0.257. The number of nitrogens with one attached hydrogen (secondary N) is 2. The highest BCUT2D eigenvalue weighted by Gasteiger charge is 2.34. The van der Waals surface area contributed by atoms with Gasteiger partial charge in [-0.25, -0.2) is 9.37 Å². The van der Waals surface area contributed by atoms with Gasteiger partial charge < -0.3 is 38.9 Å². The molecule has 48 heavy (non-hydrogen) atoms. The first kappa shape index (κ1) is 30.8. The minimum Gasteiger partial charge on any atom is -0.493 e. The summed E-state index contributed by atoms with van der Waals surface area (Å²) in [5, 5.41) is 5.88. The molecule has 2 aliphatic heterocycles. The number of aromatic nitrogens is 3. The summed E-state index contributed by atoms with van der Waals surface area (Å²) in [5.41, 5.74) is 0.779. The third kappa shape index (κ3) is 5.46. The van der Waals surface area contributed by atoms with Gasteiger partial charge in [0.15, 0.2) is 28.8 Å². The van der Waals surface area contributed by atoms with Crippen LogP contribution in [-0.4, -0.2) is 65.8 Å². The third-order valence-electron chi connectivity index (χ3n) is 8.68. The van der Waals surface area contributed by atoms with Crippen LogP contribution in [0.3, 0.4) is 0 Å². The molecular weight excluding hydrogens is 619 g/mol. The van der Waals surface area contributed by atoms with Crippen LogP contribution < -0.4 is 35.2 Å². The molecule has 2 aromatic heterocycles. The first-order valence-electron chi connectivity index (χ1n) is 15.6. The van der Waals surface area contributed by atoms with Gasteiger partial charge in [-0.1, -0.05) is 18.2 Å². The van der Waals surface area contributed by atoms with Crippen LogP contribution in [0.2, 0.25) is 0 Å². The number of aryl methyl sites for hydroxylation is 1. The number of rotatable bonds is 10. The predicted molar refractivity (Wildman–Crippen MR) is 176 cm³/mol. The third-order valence-corrected chi connectivity index (χ3v) is 8.68. The summed E-state index contributed by atoms with van der Waals surface area (Å²) in [6, 6.07) is 13.1. The number of amides is 2. The van der Waals surface area contributed by atoms with E-state index < -0.39 is 17.2 Å². The highest BCUT2D eigenvalue weighted by Crippen LogP contribution is 2.47.